The monoisotopic (exact) mass is 166 g/mol. The van der Waals surface area contributed by atoms with E-state index in [4.69, 9.17) is 23.2 Å². The van der Waals surface area contributed by atoms with Gasteiger partial charge in [-0.05, 0) is 6.92 Å². The summed E-state index contributed by atoms with van der Waals surface area (Å²) in [6.07, 6.45) is 0. The normalized spacial score (nSPS) is 27.0. The summed E-state index contributed by atoms with van der Waals surface area (Å²) in [5.74, 6) is -0.533. The van der Waals surface area contributed by atoms with Gasteiger partial charge in [0.1, 0.15) is 5.03 Å². The zero-order chi connectivity index (χ0) is 7.02. The second-order valence-corrected chi connectivity index (χ2v) is 2.49. The molecule has 1 rings (SSSR count). The maximum atomic E-state index is 10.5. The maximum absolute atomic E-state index is 10.5. The summed E-state index contributed by atoms with van der Waals surface area (Å²) in [5.41, 5.74) is -0.0756. The first-order valence-electron chi connectivity index (χ1n) is 2.34. The van der Waals surface area contributed by atoms with Crippen molar-refractivity contribution >= 4 is 29.2 Å². The van der Waals surface area contributed by atoms with Crippen LogP contribution in [0.15, 0.2) is 10.6 Å². The highest BCUT2D eigenvalue weighted by molar-refractivity contribution is 6.43. The van der Waals surface area contributed by atoms with E-state index in [-0.39, 0.29) is 5.03 Å². The minimum Gasteiger partial charge on any atom is -0.437 e. The van der Waals surface area contributed by atoms with Crippen molar-refractivity contribution in [3.05, 3.63) is 10.6 Å². The van der Waals surface area contributed by atoms with Gasteiger partial charge in [-0.1, -0.05) is 23.2 Å². The zero-order valence-corrected chi connectivity index (χ0v) is 6.16. The number of alkyl halides is 1. The van der Waals surface area contributed by atoms with Crippen LogP contribution < -0.4 is 0 Å². The van der Waals surface area contributed by atoms with E-state index in [9.17, 15) is 4.79 Å². The Labute approximate surface area is 62.4 Å². The summed E-state index contributed by atoms with van der Waals surface area (Å²) in [6.45, 7) is 1.66. The average Bonchev–Trinajstić information content (AvgIpc) is 1.98. The van der Waals surface area contributed by atoms with Gasteiger partial charge in [-0.2, -0.15) is 0 Å². The number of ether oxygens (including phenoxy) is 1. The van der Waals surface area contributed by atoms with Crippen LogP contribution in [0.3, 0.4) is 0 Å². The van der Waals surface area contributed by atoms with Crippen LogP contribution in [0.2, 0.25) is 0 Å². The Morgan fingerprint density at radius 1 is 1.67 bits per heavy atom. The summed E-state index contributed by atoms with van der Waals surface area (Å²) in [5, 5.41) is 0.106. The van der Waals surface area contributed by atoms with Crippen LogP contribution in [-0.2, 0) is 9.53 Å². The Hall–Kier alpha value is -0.210. The van der Waals surface area contributed by atoms with Gasteiger partial charge in [-0.15, -0.1) is 0 Å². The quantitative estimate of drug-likeness (QED) is 0.404. The van der Waals surface area contributed by atoms with Crippen LogP contribution in [0.1, 0.15) is 6.92 Å². The second-order valence-electron chi connectivity index (χ2n) is 1.72. The van der Waals surface area contributed by atoms with Gasteiger partial charge in [-0.3, -0.25) is 0 Å². The molecule has 9 heavy (non-hydrogen) atoms. The van der Waals surface area contributed by atoms with Crippen LogP contribution in [-0.4, -0.2) is 11.5 Å². The van der Waals surface area contributed by atoms with E-state index < -0.39 is 11.5 Å². The zero-order valence-electron chi connectivity index (χ0n) is 4.65. The average molecular weight is 167 g/mol. The summed E-state index contributed by atoms with van der Waals surface area (Å²) >= 11 is 10.9. The number of hydrogen-bond donors (Lipinski definition) is 0. The van der Waals surface area contributed by atoms with E-state index >= 15 is 0 Å². The number of cyclic esters (lactones) is 1. The van der Waals surface area contributed by atoms with Crippen molar-refractivity contribution in [2.45, 2.75) is 12.5 Å². The molecule has 0 amide bonds. The Morgan fingerprint density at radius 3 is 2.33 bits per heavy atom. The van der Waals surface area contributed by atoms with Gasteiger partial charge in [0.05, 0.1) is 0 Å². The Bertz CT molecular complexity index is 185. The first kappa shape index (κ1) is 6.90. The third-order valence-electron chi connectivity index (χ3n) is 1.08. The first-order valence-corrected chi connectivity index (χ1v) is 3.15. The molecule has 0 aromatic rings. The predicted molar refractivity (Wildman–Crippen MR) is 34.3 cm³/mol. The topological polar surface area (TPSA) is 26.3 Å². The summed E-state index contributed by atoms with van der Waals surface area (Å²) in [4.78, 5) is 10.5. The van der Waals surface area contributed by atoms with Crippen LogP contribution in [0, 0.1) is 0 Å². The summed E-state index contributed by atoms with van der Waals surface area (Å²) in [7, 11) is 0. The molecule has 0 spiro atoms. The Balaban J connectivity index is 2.92. The number of rotatable bonds is 0. The molecule has 0 bridgehead atoms. The third-order valence-corrected chi connectivity index (χ3v) is 1.95. The Kier molecular flexibility index (Phi) is 1.68. The predicted octanol–water partition coefficient (Wildman–Crippen LogP) is 1.62. The first-order chi connectivity index (χ1) is 4.13. The highest BCUT2D eigenvalue weighted by Gasteiger charge is 2.27. The molecular weight excluding hydrogens is 163 g/mol. The van der Waals surface area contributed by atoms with Crippen LogP contribution >= 0.6 is 23.2 Å². The van der Waals surface area contributed by atoms with Crippen LogP contribution in [0.5, 0.6) is 0 Å². The number of esters is 1. The van der Waals surface area contributed by atoms with Crippen LogP contribution in [0.25, 0.3) is 0 Å². The van der Waals surface area contributed by atoms with Gasteiger partial charge in [0.2, 0.25) is 0 Å². The standard InChI is InChI=1S/C5H4Cl2O2/c1-2-3(6)5(8)9-4(2)7/h4H,1H3. The van der Waals surface area contributed by atoms with Gasteiger partial charge in [0.25, 0.3) is 0 Å². The lowest BCUT2D eigenvalue weighted by Gasteiger charge is -1.97. The molecule has 0 saturated carbocycles. The fourth-order valence-electron chi connectivity index (χ4n) is 0.495. The highest BCUT2D eigenvalue weighted by Crippen LogP contribution is 2.26. The molecule has 4 heteroatoms. The number of carbonyl (C=O) groups is 1. The molecule has 2 nitrogen and oxygen atoms in total. The van der Waals surface area contributed by atoms with Gasteiger partial charge >= 0.3 is 5.97 Å². The molecule has 0 saturated heterocycles. The molecule has 1 aliphatic rings. The third kappa shape index (κ3) is 1.05. The SMILES string of the molecule is CC1=C(Cl)C(=O)OC1Cl. The molecule has 0 aliphatic carbocycles. The van der Waals surface area contributed by atoms with Crippen molar-refractivity contribution in [3.8, 4) is 0 Å². The van der Waals surface area contributed by atoms with E-state index in [1.54, 1.807) is 6.92 Å². The minimum absolute atomic E-state index is 0.106. The summed E-state index contributed by atoms with van der Waals surface area (Å²) < 4.78 is 4.51. The van der Waals surface area contributed by atoms with Crippen molar-refractivity contribution in [1.82, 2.24) is 0 Å². The molecular formula is C5H4Cl2O2. The molecule has 0 aromatic heterocycles. The van der Waals surface area contributed by atoms with Gasteiger partial charge < -0.3 is 4.74 Å². The van der Waals surface area contributed by atoms with Crippen LogP contribution in [0.4, 0.5) is 0 Å². The van der Waals surface area contributed by atoms with Crippen molar-refractivity contribution in [1.29, 1.82) is 0 Å². The molecule has 1 aliphatic heterocycles. The number of halogens is 2. The second kappa shape index (κ2) is 2.20. The molecule has 1 heterocycles. The van der Waals surface area contributed by atoms with Crippen molar-refractivity contribution in [3.63, 3.8) is 0 Å². The van der Waals surface area contributed by atoms with Crippen molar-refractivity contribution in [2.24, 2.45) is 0 Å². The molecule has 0 N–H and O–H groups in total. The highest BCUT2D eigenvalue weighted by atomic mass is 35.5. The lowest BCUT2D eigenvalue weighted by Crippen LogP contribution is -2.00. The fourth-order valence-corrected chi connectivity index (χ4v) is 0.884. The lowest BCUT2D eigenvalue weighted by molar-refractivity contribution is -0.136. The molecule has 50 valence electrons. The molecule has 0 fully saturated rings. The van der Waals surface area contributed by atoms with Crippen molar-refractivity contribution in [2.75, 3.05) is 0 Å². The molecule has 1 atom stereocenters. The Morgan fingerprint density at radius 2 is 2.22 bits per heavy atom. The van der Waals surface area contributed by atoms with E-state index in [0.717, 1.165) is 0 Å². The minimum atomic E-state index is -0.662. The van der Waals surface area contributed by atoms with Gasteiger partial charge in [-0.25, -0.2) is 4.79 Å². The molecule has 0 aromatic carbocycles. The molecule has 1 unspecified atom stereocenters. The van der Waals surface area contributed by atoms with E-state index in [1.807, 2.05) is 0 Å². The van der Waals surface area contributed by atoms with Crippen molar-refractivity contribution < 1.29 is 9.53 Å². The van der Waals surface area contributed by atoms with Gasteiger partial charge in [0.15, 0.2) is 5.56 Å². The van der Waals surface area contributed by atoms with E-state index in [1.165, 1.54) is 0 Å². The largest absolute Gasteiger partial charge is 0.437 e. The van der Waals surface area contributed by atoms with E-state index in [2.05, 4.69) is 4.74 Å². The molecule has 0 radical (unpaired) electrons. The number of hydrogen-bond acceptors (Lipinski definition) is 2. The smallest absolute Gasteiger partial charge is 0.351 e. The fraction of sp³-hybridized carbons (Fsp3) is 0.400. The number of carbonyl (C=O) groups excluding carboxylic acids is 1. The van der Waals surface area contributed by atoms with E-state index in [0.29, 0.717) is 5.57 Å². The lowest BCUT2D eigenvalue weighted by atomic mass is 10.3. The maximum Gasteiger partial charge on any atom is 0.351 e. The summed E-state index contributed by atoms with van der Waals surface area (Å²) in [6, 6.07) is 0. The van der Waals surface area contributed by atoms with Gasteiger partial charge in [0, 0.05) is 5.57 Å².